The average molecular weight is 145 g/mol. The maximum Gasteiger partial charge on any atom is 0.0619 e. The molecule has 0 heterocycles. The van der Waals surface area contributed by atoms with Gasteiger partial charge in [0.15, 0.2) is 0 Å². The van der Waals surface area contributed by atoms with Crippen LogP contribution >= 0.6 is 0 Å². The van der Waals surface area contributed by atoms with E-state index in [-0.39, 0.29) is 6.04 Å². The quantitative estimate of drug-likeness (QED) is 0.634. The standard InChI is InChI=1S/C8H19NO/c1-4-7(3)8(9)6-10-5-2/h7-8H,4-6,9H2,1-3H3/t7?,8-/m1/s1. The van der Waals surface area contributed by atoms with Gasteiger partial charge in [-0.2, -0.15) is 0 Å². The van der Waals surface area contributed by atoms with E-state index < -0.39 is 0 Å². The summed E-state index contributed by atoms with van der Waals surface area (Å²) in [6.07, 6.45) is 1.13. The van der Waals surface area contributed by atoms with Gasteiger partial charge in [0, 0.05) is 12.6 Å². The maximum atomic E-state index is 5.79. The van der Waals surface area contributed by atoms with Gasteiger partial charge in [-0.15, -0.1) is 0 Å². The first-order chi connectivity index (χ1) is 4.72. The van der Waals surface area contributed by atoms with Crippen molar-refractivity contribution in [2.45, 2.75) is 33.2 Å². The van der Waals surface area contributed by atoms with Crippen molar-refractivity contribution < 1.29 is 4.74 Å². The highest BCUT2D eigenvalue weighted by molar-refractivity contribution is 4.66. The molecule has 62 valence electrons. The third-order valence-electron chi connectivity index (χ3n) is 1.89. The fourth-order valence-electron chi connectivity index (χ4n) is 0.721. The summed E-state index contributed by atoms with van der Waals surface area (Å²) in [5, 5.41) is 0. The predicted molar refractivity (Wildman–Crippen MR) is 43.9 cm³/mol. The highest BCUT2D eigenvalue weighted by Crippen LogP contribution is 2.04. The molecule has 0 aromatic rings. The Morgan fingerprint density at radius 2 is 2.00 bits per heavy atom. The van der Waals surface area contributed by atoms with Crippen LogP contribution < -0.4 is 5.73 Å². The van der Waals surface area contributed by atoms with Gasteiger partial charge in [0.25, 0.3) is 0 Å². The van der Waals surface area contributed by atoms with Gasteiger partial charge in [0.05, 0.1) is 6.61 Å². The summed E-state index contributed by atoms with van der Waals surface area (Å²) in [5.41, 5.74) is 5.79. The fourth-order valence-corrected chi connectivity index (χ4v) is 0.721. The minimum absolute atomic E-state index is 0.213. The lowest BCUT2D eigenvalue weighted by Gasteiger charge is -2.17. The molecule has 0 aliphatic rings. The van der Waals surface area contributed by atoms with Gasteiger partial charge < -0.3 is 10.5 Å². The summed E-state index contributed by atoms with van der Waals surface area (Å²) >= 11 is 0. The minimum atomic E-state index is 0.213. The summed E-state index contributed by atoms with van der Waals surface area (Å²) in [4.78, 5) is 0. The molecule has 0 saturated carbocycles. The van der Waals surface area contributed by atoms with Gasteiger partial charge >= 0.3 is 0 Å². The number of nitrogens with two attached hydrogens (primary N) is 1. The van der Waals surface area contributed by atoms with Crippen molar-refractivity contribution in [1.29, 1.82) is 0 Å². The lowest BCUT2D eigenvalue weighted by molar-refractivity contribution is 0.118. The molecule has 1 unspecified atom stereocenters. The molecule has 10 heavy (non-hydrogen) atoms. The molecule has 2 nitrogen and oxygen atoms in total. The first kappa shape index (κ1) is 9.92. The number of ether oxygens (including phenoxy) is 1. The van der Waals surface area contributed by atoms with E-state index in [4.69, 9.17) is 10.5 Å². The molecule has 0 aromatic heterocycles. The first-order valence-electron chi connectivity index (χ1n) is 4.05. The van der Waals surface area contributed by atoms with Crippen LogP contribution in [-0.2, 0) is 4.74 Å². The lowest BCUT2D eigenvalue weighted by Crippen LogP contribution is -2.32. The molecular weight excluding hydrogens is 126 g/mol. The van der Waals surface area contributed by atoms with E-state index in [9.17, 15) is 0 Å². The third kappa shape index (κ3) is 3.85. The summed E-state index contributed by atoms with van der Waals surface area (Å²) in [6.45, 7) is 7.76. The van der Waals surface area contributed by atoms with Crippen molar-refractivity contribution in [1.82, 2.24) is 0 Å². The number of hydrogen-bond donors (Lipinski definition) is 1. The molecule has 0 saturated heterocycles. The van der Waals surface area contributed by atoms with E-state index in [1.807, 2.05) is 6.92 Å². The smallest absolute Gasteiger partial charge is 0.0619 e. The Kier molecular flexibility index (Phi) is 5.64. The van der Waals surface area contributed by atoms with Gasteiger partial charge in [0.2, 0.25) is 0 Å². The van der Waals surface area contributed by atoms with Crippen LogP contribution in [-0.4, -0.2) is 19.3 Å². The molecule has 0 aromatic carbocycles. The molecule has 0 bridgehead atoms. The van der Waals surface area contributed by atoms with Crippen molar-refractivity contribution in [2.24, 2.45) is 11.7 Å². The minimum Gasteiger partial charge on any atom is -0.380 e. The Hall–Kier alpha value is -0.0800. The monoisotopic (exact) mass is 145 g/mol. The third-order valence-corrected chi connectivity index (χ3v) is 1.89. The molecule has 0 fully saturated rings. The molecular formula is C8H19NO. The second-order valence-electron chi connectivity index (χ2n) is 2.71. The molecule has 0 rings (SSSR count). The predicted octanol–water partition coefficient (Wildman–Crippen LogP) is 1.40. The van der Waals surface area contributed by atoms with Gasteiger partial charge in [-0.05, 0) is 12.8 Å². The second-order valence-corrected chi connectivity index (χ2v) is 2.71. The van der Waals surface area contributed by atoms with E-state index >= 15 is 0 Å². The van der Waals surface area contributed by atoms with Crippen molar-refractivity contribution in [3.63, 3.8) is 0 Å². The number of rotatable bonds is 5. The summed E-state index contributed by atoms with van der Waals surface area (Å²) in [7, 11) is 0. The van der Waals surface area contributed by atoms with Crippen LogP contribution in [0.15, 0.2) is 0 Å². The second kappa shape index (κ2) is 5.69. The van der Waals surface area contributed by atoms with Crippen LogP contribution in [0.1, 0.15) is 27.2 Å². The molecule has 0 radical (unpaired) electrons. The van der Waals surface area contributed by atoms with E-state index in [0.29, 0.717) is 12.5 Å². The highest BCUT2D eigenvalue weighted by atomic mass is 16.5. The SMILES string of the molecule is CCOC[C@@H](N)C(C)CC. The Bertz CT molecular complexity index is 75.7. The van der Waals surface area contributed by atoms with Crippen LogP contribution in [0.5, 0.6) is 0 Å². The Labute approximate surface area is 63.7 Å². The summed E-state index contributed by atoms with van der Waals surface area (Å²) in [5.74, 6) is 0.576. The largest absolute Gasteiger partial charge is 0.380 e. The van der Waals surface area contributed by atoms with Crippen molar-refractivity contribution in [3.05, 3.63) is 0 Å². The fraction of sp³-hybridized carbons (Fsp3) is 1.00. The zero-order valence-corrected chi connectivity index (χ0v) is 7.26. The molecule has 2 heteroatoms. The molecule has 0 aliphatic heterocycles. The van der Waals surface area contributed by atoms with E-state index in [0.717, 1.165) is 13.0 Å². The molecule has 2 N–H and O–H groups in total. The first-order valence-corrected chi connectivity index (χ1v) is 4.05. The van der Waals surface area contributed by atoms with Crippen molar-refractivity contribution >= 4 is 0 Å². The van der Waals surface area contributed by atoms with E-state index in [1.54, 1.807) is 0 Å². The van der Waals surface area contributed by atoms with Crippen LogP contribution in [0.2, 0.25) is 0 Å². The van der Waals surface area contributed by atoms with Crippen LogP contribution in [0.4, 0.5) is 0 Å². The van der Waals surface area contributed by atoms with Gasteiger partial charge in [-0.25, -0.2) is 0 Å². The van der Waals surface area contributed by atoms with Gasteiger partial charge in [0.1, 0.15) is 0 Å². The van der Waals surface area contributed by atoms with Crippen molar-refractivity contribution in [2.75, 3.05) is 13.2 Å². The Balaban J connectivity index is 3.31. The summed E-state index contributed by atoms with van der Waals surface area (Å²) < 4.78 is 5.19. The highest BCUT2D eigenvalue weighted by Gasteiger charge is 2.09. The Morgan fingerprint density at radius 3 is 2.40 bits per heavy atom. The summed E-state index contributed by atoms with van der Waals surface area (Å²) in [6, 6.07) is 0.213. The molecule has 0 spiro atoms. The van der Waals surface area contributed by atoms with Gasteiger partial charge in [-0.1, -0.05) is 20.3 Å². The Morgan fingerprint density at radius 1 is 1.40 bits per heavy atom. The molecule has 0 amide bonds. The molecule has 0 aliphatic carbocycles. The van der Waals surface area contributed by atoms with E-state index in [2.05, 4.69) is 13.8 Å². The van der Waals surface area contributed by atoms with Gasteiger partial charge in [-0.3, -0.25) is 0 Å². The van der Waals surface area contributed by atoms with Crippen molar-refractivity contribution in [3.8, 4) is 0 Å². The average Bonchev–Trinajstić information content (AvgIpc) is 1.98. The van der Waals surface area contributed by atoms with Crippen LogP contribution in [0, 0.1) is 5.92 Å². The zero-order valence-electron chi connectivity index (χ0n) is 7.26. The normalized spacial score (nSPS) is 16.8. The number of hydrogen-bond acceptors (Lipinski definition) is 2. The van der Waals surface area contributed by atoms with Crippen LogP contribution in [0.3, 0.4) is 0 Å². The molecule has 2 atom stereocenters. The zero-order chi connectivity index (χ0) is 7.98. The topological polar surface area (TPSA) is 35.2 Å². The maximum absolute atomic E-state index is 5.79. The van der Waals surface area contributed by atoms with Crippen LogP contribution in [0.25, 0.3) is 0 Å². The van der Waals surface area contributed by atoms with E-state index in [1.165, 1.54) is 0 Å². The lowest BCUT2D eigenvalue weighted by atomic mass is 10.0.